The Morgan fingerprint density at radius 2 is 1.48 bits per heavy atom. The standard InChI is InChI=1S/C36H39N3O7/c1-6-17-44-19-26-18-27(16-15-25(26)20-45-24(5)40)38-34(41)23(4)37-35(42)33(22(2)3)39-36(43)46-21-32-30-13-9-7-11-28(30)29-12-8-10-14-31(29)32/h1,7-16,18,22-23,32-33H,17,19-21H2,2-5H3,(H,37,42)(H,38,41)(H,39,43)/t23-,33-/m0/s1. The van der Waals surface area contributed by atoms with E-state index >= 15 is 0 Å². The largest absolute Gasteiger partial charge is 0.461 e. The molecule has 3 aromatic rings. The fraction of sp³-hybridized carbons (Fsp3) is 0.333. The number of fused-ring (bicyclic) bond motifs is 3. The summed E-state index contributed by atoms with van der Waals surface area (Å²) in [7, 11) is 0. The number of esters is 1. The molecule has 3 N–H and O–H groups in total. The molecule has 0 aromatic heterocycles. The van der Waals surface area contributed by atoms with Gasteiger partial charge in [-0.3, -0.25) is 14.4 Å². The number of carbonyl (C=O) groups is 4. The van der Waals surface area contributed by atoms with Crippen molar-refractivity contribution in [1.29, 1.82) is 0 Å². The summed E-state index contributed by atoms with van der Waals surface area (Å²) in [6.45, 7) is 6.83. The number of terminal acetylenes is 1. The molecule has 0 unspecified atom stereocenters. The Bertz CT molecular complexity index is 1580. The molecule has 0 saturated heterocycles. The molecule has 1 aliphatic rings. The monoisotopic (exact) mass is 625 g/mol. The van der Waals surface area contributed by atoms with E-state index < -0.39 is 36.0 Å². The van der Waals surface area contributed by atoms with Crippen molar-refractivity contribution >= 4 is 29.6 Å². The molecule has 3 amide bonds. The zero-order valence-electron chi connectivity index (χ0n) is 26.4. The molecular formula is C36H39N3O7. The third-order valence-corrected chi connectivity index (χ3v) is 7.67. The van der Waals surface area contributed by atoms with Gasteiger partial charge in [0.2, 0.25) is 11.8 Å². The maximum absolute atomic E-state index is 13.2. The van der Waals surface area contributed by atoms with E-state index in [0.717, 1.165) is 22.3 Å². The fourth-order valence-corrected chi connectivity index (χ4v) is 5.30. The van der Waals surface area contributed by atoms with Crippen LogP contribution in [0.5, 0.6) is 0 Å². The SMILES string of the molecule is C#CCOCc1cc(NC(=O)[C@H](C)NC(=O)[C@@H](NC(=O)OCC2c3ccccc3-c3ccccc32)C(C)C)ccc1COC(C)=O. The molecule has 2 atom stereocenters. The highest BCUT2D eigenvalue weighted by atomic mass is 16.5. The van der Waals surface area contributed by atoms with Crippen LogP contribution in [-0.2, 0) is 41.8 Å². The van der Waals surface area contributed by atoms with E-state index in [4.69, 9.17) is 20.6 Å². The van der Waals surface area contributed by atoms with Crippen molar-refractivity contribution in [3.63, 3.8) is 0 Å². The lowest BCUT2D eigenvalue weighted by atomic mass is 9.98. The minimum absolute atomic E-state index is 0.0397. The molecule has 0 aliphatic heterocycles. The summed E-state index contributed by atoms with van der Waals surface area (Å²) >= 11 is 0. The minimum atomic E-state index is -0.939. The van der Waals surface area contributed by atoms with Gasteiger partial charge in [-0.25, -0.2) is 4.79 Å². The van der Waals surface area contributed by atoms with Crippen molar-refractivity contribution in [3.8, 4) is 23.5 Å². The van der Waals surface area contributed by atoms with E-state index in [1.54, 1.807) is 39.0 Å². The molecule has 10 heteroatoms. The summed E-state index contributed by atoms with van der Waals surface area (Å²) in [5.41, 5.74) is 6.23. The molecule has 4 rings (SSSR count). The minimum Gasteiger partial charge on any atom is -0.461 e. The Balaban J connectivity index is 1.34. The number of benzene rings is 3. The van der Waals surface area contributed by atoms with Gasteiger partial charge in [-0.15, -0.1) is 6.42 Å². The molecule has 10 nitrogen and oxygen atoms in total. The van der Waals surface area contributed by atoms with Gasteiger partial charge in [0.25, 0.3) is 0 Å². The van der Waals surface area contributed by atoms with Crippen LogP contribution in [0.15, 0.2) is 66.7 Å². The number of carbonyl (C=O) groups excluding carboxylic acids is 4. The number of hydrogen-bond acceptors (Lipinski definition) is 7. The van der Waals surface area contributed by atoms with Crippen molar-refractivity contribution in [2.24, 2.45) is 5.92 Å². The Labute approximate surface area is 269 Å². The van der Waals surface area contributed by atoms with Crippen LogP contribution in [0.4, 0.5) is 10.5 Å². The van der Waals surface area contributed by atoms with Crippen LogP contribution >= 0.6 is 0 Å². The number of rotatable bonds is 13. The van der Waals surface area contributed by atoms with Crippen LogP contribution in [-0.4, -0.2) is 49.2 Å². The first kappa shape index (κ1) is 33.7. The Morgan fingerprint density at radius 1 is 0.826 bits per heavy atom. The van der Waals surface area contributed by atoms with Gasteiger partial charge in [0.05, 0.1) is 6.61 Å². The summed E-state index contributed by atoms with van der Waals surface area (Å²) < 4.78 is 16.2. The molecule has 0 saturated carbocycles. The second-order valence-electron chi connectivity index (χ2n) is 11.4. The maximum atomic E-state index is 13.2. The average Bonchev–Trinajstić information content (AvgIpc) is 3.35. The first-order valence-corrected chi connectivity index (χ1v) is 15.1. The number of anilines is 1. The van der Waals surface area contributed by atoms with Gasteiger partial charge in [-0.2, -0.15) is 0 Å². The third kappa shape index (κ3) is 8.52. The molecule has 0 bridgehead atoms. The predicted molar refractivity (Wildman–Crippen MR) is 173 cm³/mol. The van der Waals surface area contributed by atoms with E-state index in [0.29, 0.717) is 16.8 Å². The predicted octanol–water partition coefficient (Wildman–Crippen LogP) is 4.91. The van der Waals surface area contributed by atoms with Gasteiger partial charge in [-0.1, -0.05) is 74.4 Å². The molecular weight excluding hydrogens is 586 g/mol. The van der Waals surface area contributed by atoms with Gasteiger partial charge in [0.1, 0.15) is 31.9 Å². The van der Waals surface area contributed by atoms with Crippen LogP contribution in [0.3, 0.4) is 0 Å². The van der Waals surface area contributed by atoms with E-state index in [-0.39, 0.29) is 38.3 Å². The normalized spacial score (nSPS) is 13.0. The molecule has 46 heavy (non-hydrogen) atoms. The van der Waals surface area contributed by atoms with E-state index in [2.05, 4.69) is 34.0 Å². The third-order valence-electron chi connectivity index (χ3n) is 7.67. The molecule has 1 aliphatic carbocycles. The van der Waals surface area contributed by atoms with Crippen molar-refractivity contribution < 1.29 is 33.4 Å². The summed E-state index contributed by atoms with van der Waals surface area (Å²) in [5.74, 6) is 0.569. The van der Waals surface area contributed by atoms with Crippen molar-refractivity contribution in [2.75, 3.05) is 18.5 Å². The number of hydrogen-bond donors (Lipinski definition) is 3. The van der Waals surface area contributed by atoms with E-state index in [9.17, 15) is 19.2 Å². The molecule has 3 aromatic carbocycles. The van der Waals surface area contributed by atoms with Crippen molar-refractivity contribution in [2.45, 2.75) is 58.9 Å². The molecule has 0 fully saturated rings. The molecule has 0 spiro atoms. The summed E-state index contributed by atoms with van der Waals surface area (Å²) in [6.07, 6.45) is 4.55. The lowest BCUT2D eigenvalue weighted by Crippen LogP contribution is -2.53. The first-order valence-electron chi connectivity index (χ1n) is 15.1. The Morgan fingerprint density at radius 3 is 2.09 bits per heavy atom. The Kier molecular flexibility index (Phi) is 11.5. The summed E-state index contributed by atoms with van der Waals surface area (Å²) in [5, 5.41) is 8.13. The molecule has 0 radical (unpaired) electrons. The van der Waals surface area contributed by atoms with Crippen molar-refractivity contribution in [1.82, 2.24) is 10.6 Å². The van der Waals surface area contributed by atoms with Gasteiger partial charge < -0.3 is 30.2 Å². The Hall–Kier alpha value is -5.14. The lowest BCUT2D eigenvalue weighted by molar-refractivity contribution is -0.142. The van der Waals surface area contributed by atoms with Gasteiger partial charge in [0.15, 0.2) is 0 Å². The first-order chi connectivity index (χ1) is 22.1. The van der Waals surface area contributed by atoms with Crippen LogP contribution in [0.25, 0.3) is 11.1 Å². The van der Waals surface area contributed by atoms with Gasteiger partial charge in [-0.05, 0) is 58.4 Å². The van der Waals surface area contributed by atoms with Crippen LogP contribution in [0, 0.1) is 18.3 Å². The zero-order chi connectivity index (χ0) is 33.2. The fourth-order valence-electron chi connectivity index (χ4n) is 5.30. The van der Waals surface area contributed by atoms with Crippen molar-refractivity contribution in [3.05, 3.63) is 89.0 Å². The lowest BCUT2D eigenvalue weighted by Gasteiger charge is -2.24. The zero-order valence-corrected chi connectivity index (χ0v) is 26.4. The summed E-state index contributed by atoms with van der Waals surface area (Å²) in [6, 6.07) is 19.3. The second kappa shape index (κ2) is 15.7. The highest BCUT2D eigenvalue weighted by molar-refractivity contribution is 5.98. The number of nitrogens with one attached hydrogen (secondary N) is 3. The summed E-state index contributed by atoms with van der Waals surface area (Å²) in [4.78, 5) is 50.4. The quantitative estimate of drug-likeness (QED) is 0.140. The van der Waals surface area contributed by atoms with Gasteiger partial charge >= 0.3 is 12.1 Å². The van der Waals surface area contributed by atoms with Crippen LogP contribution in [0.2, 0.25) is 0 Å². The highest BCUT2D eigenvalue weighted by Gasteiger charge is 2.31. The second-order valence-corrected chi connectivity index (χ2v) is 11.4. The van der Waals surface area contributed by atoms with Crippen LogP contribution < -0.4 is 16.0 Å². The smallest absolute Gasteiger partial charge is 0.407 e. The number of ether oxygens (including phenoxy) is 3. The van der Waals surface area contributed by atoms with E-state index in [1.165, 1.54) is 6.92 Å². The highest BCUT2D eigenvalue weighted by Crippen LogP contribution is 2.44. The topological polar surface area (TPSA) is 132 Å². The maximum Gasteiger partial charge on any atom is 0.407 e. The van der Waals surface area contributed by atoms with Crippen LogP contribution in [0.1, 0.15) is 55.9 Å². The average molecular weight is 626 g/mol. The van der Waals surface area contributed by atoms with E-state index in [1.807, 2.05) is 36.4 Å². The number of amides is 3. The molecule has 240 valence electrons. The molecule has 0 heterocycles. The van der Waals surface area contributed by atoms with Gasteiger partial charge in [0, 0.05) is 18.5 Å². The number of alkyl carbamates (subject to hydrolysis) is 1.